The van der Waals surface area contributed by atoms with Gasteiger partial charge in [-0.3, -0.25) is 14.5 Å². The van der Waals surface area contributed by atoms with Gasteiger partial charge in [-0.2, -0.15) is 0 Å². The maximum Gasteiger partial charge on any atom is 0.300 e. The number of amides is 1. The van der Waals surface area contributed by atoms with Gasteiger partial charge < -0.3 is 14.9 Å². The Morgan fingerprint density at radius 3 is 2.50 bits per heavy atom. The molecule has 0 aliphatic carbocycles. The maximum absolute atomic E-state index is 14.0. The van der Waals surface area contributed by atoms with Gasteiger partial charge in [0.1, 0.15) is 17.3 Å². The molecule has 0 saturated carbocycles. The first-order chi connectivity index (χ1) is 16.2. The number of anilines is 1. The number of phenols is 1. The second kappa shape index (κ2) is 9.15. The molecule has 3 aromatic carbocycles. The van der Waals surface area contributed by atoms with Crippen molar-refractivity contribution >= 4 is 34.7 Å². The summed E-state index contributed by atoms with van der Waals surface area (Å²) in [6.07, 6.45) is 0. The van der Waals surface area contributed by atoms with Gasteiger partial charge in [-0.25, -0.2) is 8.78 Å². The average Bonchev–Trinajstić information content (AvgIpc) is 3.07. The van der Waals surface area contributed by atoms with E-state index in [9.17, 15) is 28.6 Å². The van der Waals surface area contributed by atoms with Crippen molar-refractivity contribution in [3.8, 4) is 11.5 Å². The van der Waals surface area contributed by atoms with E-state index in [1.807, 2.05) is 0 Å². The summed E-state index contributed by atoms with van der Waals surface area (Å²) in [7, 11) is 0. The first-order valence-electron chi connectivity index (χ1n) is 10.2. The van der Waals surface area contributed by atoms with E-state index in [2.05, 4.69) is 0 Å². The summed E-state index contributed by atoms with van der Waals surface area (Å²) in [4.78, 5) is 27.1. The number of ketones is 1. The lowest BCUT2D eigenvalue weighted by Gasteiger charge is -2.25. The van der Waals surface area contributed by atoms with Gasteiger partial charge in [0.05, 0.1) is 23.2 Å². The Labute approximate surface area is 198 Å². The molecule has 4 rings (SSSR count). The molecule has 3 aromatic rings. The normalized spacial score (nSPS) is 17.3. The smallest absolute Gasteiger partial charge is 0.300 e. The number of hydrogen-bond acceptors (Lipinski definition) is 5. The number of benzene rings is 3. The Bertz CT molecular complexity index is 1340. The van der Waals surface area contributed by atoms with Crippen molar-refractivity contribution in [2.75, 3.05) is 11.5 Å². The predicted octanol–water partition coefficient (Wildman–Crippen LogP) is 5.35. The lowest BCUT2D eigenvalue weighted by Crippen LogP contribution is -2.29. The van der Waals surface area contributed by atoms with Crippen molar-refractivity contribution in [2.45, 2.75) is 13.0 Å². The maximum atomic E-state index is 14.0. The van der Waals surface area contributed by atoms with Gasteiger partial charge in [-0.1, -0.05) is 23.7 Å². The Hall–Kier alpha value is -3.91. The minimum absolute atomic E-state index is 0.0426. The number of hydrogen-bond donors (Lipinski definition) is 2. The van der Waals surface area contributed by atoms with Crippen molar-refractivity contribution < 1.29 is 33.3 Å². The van der Waals surface area contributed by atoms with Crippen LogP contribution in [-0.2, 0) is 9.59 Å². The fourth-order valence-electron chi connectivity index (χ4n) is 3.83. The predicted molar refractivity (Wildman–Crippen MR) is 122 cm³/mol. The largest absolute Gasteiger partial charge is 0.508 e. The minimum atomic E-state index is -1.26. The fraction of sp³-hybridized carbons (Fsp3) is 0.120. The van der Waals surface area contributed by atoms with Gasteiger partial charge in [0.2, 0.25) is 0 Å². The number of carbonyl (C=O) groups is 2. The first-order valence-corrected chi connectivity index (χ1v) is 10.6. The number of ether oxygens (including phenoxy) is 1. The number of nitrogens with zero attached hydrogens (tertiary/aromatic N) is 1. The molecule has 1 saturated heterocycles. The van der Waals surface area contributed by atoms with Gasteiger partial charge in [-0.05, 0) is 55.0 Å². The lowest BCUT2D eigenvalue weighted by atomic mass is 9.95. The number of Topliss-reactive ketones (excluding diaryl/α,β-unsaturated/α-hetero) is 1. The van der Waals surface area contributed by atoms with Crippen LogP contribution in [0.15, 0.2) is 66.2 Å². The molecule has 1 fully saturated rings. The lowest BCUT2D eigenvalue weighted by molar-refractivity contribution is -0.132. The zero-order valence-corrected chi connectivity index (χ0v) is 18.5. The third kappa shape index (κ3) is 4.08. The van der Waals surface area contributed by atoms with E-state index < -0.39 is 35.1 Å². The summed E-state index contributed by atoms with van der Waals surface area (Å²) in [6, 6.07) is 11.6. The Balaban J connectivity index is 1.97. The highest BCUT2D eigenvalue weighted by Gasteiger charge is 2.47. The molecule has 0 radical (unpaired) electrons. The van der Waals surface area contributed by atoms with Crippen molar-refractivity contribution in [1.82, 2.24) is 0 Å². The van der Waals surface area contributed by atoms with E-state index >= 15 is 0 Å². The first kappa shape index (κ1) is 23.3. The molecule has 0 aromatic heterocycles. The van der Waals surface area contributed by atoms with Crippen molar-refractivity contribution in [2.24, 2.45) is 0 Å². The van der Waals surface area contributed by atoms with Crippen LogP contribution in [0.5, 0.6) is 11.5 Å². The quantitative estimate of drug-likeness (QED) is 0.289. The second-order valence-corrected chi connectivity index (χ2v) is 7.84. The molecule has 0 bridgehead atoms. The highest BCUT2D eigenvalue weighted by molar-refractivity contribution is 6.52. The average molecular weight is 486 g/mol. The SMILES string of the molecule is CCOc1ccc(Cl)c(/C(O)=C2\C(=O)C(=O)N(c3ccc(F)c(F)c3)C2c2cccc(O)c2)c1. The summed E-state index contributed by atoms with van der Waals surface area (Å²) in [6.45, 7) is 2.11. The van der Waals surface area contributed by atoms with Crippen LogP contribution in [0.1, 0.15) is 24.1 Å². The molecule has 1 aliphatic heterocycles. The van der Waals surface area contributed by atoms with E-state index in [0.717, 1.165) is 23.1 Å². The molecule has 6 nitrogen and oxygen atoms in total. The number of aromatic hydroxyl groups is 1. The number of halogens is 3. The monoisotopic (exact) mass is 485 g/mol. The molecule has 1 amide bonds. The summed E-state index contributed by atoms with van der Waals surface area (Å²) < 4.78 is 33.0. The highest BCUT2D eigenvalue weighted by Crippen LogP contribution is 2.44. The van der Waals surface area contributed by atoms with Crippen LogP contribution in [0.3, 0.4) is 0 Å². The van der Waals surface area contributed by atoms with Gasteiger partial charge in [0.15, 0.2) is 11.6 Å². The van der Waals surface area contributed by atoms with Crippen LogP contribution in [0.4, 0.5) is 14.5 Å². The number of rotatable bonds is 5. The van der Waals surface area contributed by atoms with Crippen LogP contribution < -0.4 is 9.64 Å². The van der Waals surface area contributed by atoms with E-state index in [0.29, 0.717) is 12.4 Å². The van der Waals surface area contributed by atoms with Gasteiger partial charge >= 0.3 is 0 Å². The molecule has 1 atom stereocenters. The van der Waals surface area contributed by atoms with Crippen molar-refractivity contribution in [3.05, 3.63) is 94.0 Å². The zero-order chi connectivity index (χ0) is 24.6. The molecule has 2 N–H and O–H groups in total. The fourth-order valence-corrected chi connectivity index (χ4v) is 4.04. The van der Waals surface area contributed by atoms with Gasteiger partial charge in [0.25, 0.3) is 11.7 Å². The molecule has 9 heteroatoms. The number of aliphatic hydroxyl groups is 1. The second-order valence-electron chi connectivity index (χ2n) is 7.44. The third-order valence-corrected chi connectivity index (χ3v) is 5.65. The minimum Gasteiger partial charge on any atom is -0.508 e. The Morgan fingerprint density at radius 1 is 1.06 bits per heavy atom. The third-order valence-electron chi connectivity index (χ3n) is 5.32. The zero-order valence-electron chi connectivity index (χ0n) is 17.8. The Morgan fingerprint density at radius 2 is 1.82 bits per heavy atom. The van der Waals surface area contributed by atoms with Crippen LogP contribution in [0.25, 0.3) is 5.76 Å². The van der Waals surface area contributed by atoms with Gasteiger partial charge in [0, 0.05) is 17.3 Å². The molecule has 1 aliphatic rings. The van der Waals surface area contributed by atoms with Crippen molar-refractivity contribution in [3.63, 3.8) is 0 Å². The van der Waals surface area contributed by atoms with Crippen LogP contribution in [0.2, 0.25) is 5.02 Å². The number of carbonyl (C=O) groups excluding carboxylic acids is 2. The topological polar surface area (TPSA) is 87.1 Å². The summed E-state index contributed by atoms with van der Waals surface area (Å²) >= 11 is 6.27. The molecule has 1 heterocycles. The van der Waals surface area contributed by atoms with Gasteiger partial charge in [-0.15, -0.1) is 0 Å². The van der Waals surface area contributed by atoms with E-state index in [1.54, 1.807) is 13.0 Å². The Kier molecular flexibility index (Phi) is 6.26. The van der Waals surface area contributed by atoms with E-state index in [-0.39, 0.29) is 33.2 Å². The molecule has 174 valence electrons. The van der Waals surface area contributed by atoms with Crippen LogP contribution >= 0.6 is 11.6 Å². The van der Waals surface area contributed by atoms with Crippen LogP contribution in [-0.4, -0.2) is 28.5 Å². The standard InChI is InChI=1S/C25H18ClF2NO5/c1-2-34-16-7-8-18(26)17(12-16)23(31)21-22(13-4-3-5-15(30)10-13)29(25(33)24(21)32)14-6-9-19(27)20(28)11-14/h3-12,22,30-31H,2H2,1H3/b23-21+. The molecule has 1 unspecified atom stereocenters. The van der Waals surface area contributed by atoms with E-state index in [4.69, 9.17) is 16.3 Å². The van der Waals surface area contributed by atoms with E-state index in [1.165, 1.54) is 36.4 Å². The number of phenolic OH excluding ortho intramolecular Hbond substituents is 1. The van der Waals surface area contributed by atoms with Crippen molar-refractivity contribution in [1.29, 1.82) is 0 Å². The molecule has 34 heavy (non-hydrogen) atoms. The molecule has 0 spiro atoms. The molecular weight excluding hydrogens is 468 g/mol. The molecular formula is C25H18ClF2NO5. The summed E-state index contributed by atoms with van der Waals surface area (Å²) in [5, 5.41) is 21.3. The van der Waals surface area contributed by atoms with Crippen LogP contribution in [0, 0.1) is 11.6 Å². The summed E-state index contributed by atoms with van der Waals surface area (Å²) in [5.74, 6) is -4.85. The highest BCUT2D eigenvalue weighted by atomic mass is 35.5. The summed E-state index contributed by atoms with van der Waals surface area (Å²) in [5.41, 5.74) is -0.151. The number of aliphatic hydroxyl groups excluding tert-OH is 1.